The maximum atomic E-state index is 13.3. The molecular formula is C24H28N6O4S. The normalized spacial score (nSPS) is 18.3. The van der Waals surface area contributed by atoms with Gasteiger partial charge in [0.1, 0.15) is 0 Å². The molecule has 2 N–H and O–H groups in total. The Balaban J connectivity index is 1.52. The minimum Gasteiger partial charge on any atom is -0.477 e. The van der Waals surface area contributed by atoms with Crippen molar-refractivity contribution in [1.82, 2.24) is 23.7 Å². The molecule has 1 aliphatic carbocycles. The molecule has 1 aromatic carbocycles. The molecule has 10 nitrogen and oxygen atoms in total. The lowest BCUT2D eigenvalue weighted by atomic mass is 10.2. The summed E-state index contributed by atoms with van der Waals surface area (Å²) >= 11 is 0. The first-order valence-electron chi connectivity index (χ1n) is 11.7. The third-order valence-electron chi connectivity index (χ3n) is 6.30. The smallest absolute Gasteiger partial charge is 0.244 e. The van der Waals surface area contributed by atoms with Crippen molar-refractivity contribution in [3.63, 3.8) is 0 Å². The van der Waals surface area contributed by atoms with E-state index in [-0.39, 0.29) is 23.4 Å². The zero-order chi connectivity index (χ0) is 24.6. The van der Waals surface area contributed by atoms with E-state index in [0.29, 0.717) is 29.1 Å². The summed E-state index contributed by atoms with van der Waals surface area (Å²) in [7, 11) is -3.74. The van der Waals surface area contributed by atoms with Crippen LogP contribution in [-0.4, -0.2) is 50.0 Å². The van der Waals surface area contributed by atoms with E-state index < -0.39 is 16.1 Å². The summed E-state index contributed by atoms with van der Waals surface area (Å²) < 4.78 is 35.2. The van der Waals surface area contributed by atoms with Crippen molar-refractivity contribution in [3.8, 4) is 5.88 Å². The van der Waals surface area contributed by atoms with E-state index in [1.54, 1.807) is 24.4 Å². The molecule has 2 atom stereocenters. The Morgan fingerprint density at radius 1 is 1.17 bits per heavy atom. The molecule has 1 aliphatic rings. The second kappa shape index (κ2) is 9.31. The Hall–Kier alpha value is -3.44. The van der Waals surface area contributed by atoms with Gasteiger partial charge < -0.3 is 15.2 Å². The zero-order valence-electron chi connectivity index (χ0n) is 19.6. The maximum Gasteiger partial charge on any atom is 0.244 e. The fourth-order valence-electron chi connectivity index (χ4n) is 4.55. The minimum absolute atomic E-state index is 0.0618. The molecule has 1 saturated carbocycles. The fraction of sp³-hybridized carbons (Fsp3) is 0.375. The average molecular weight is 497 g/mol. The molecule has 0 radical (unpaired) electrons. The Morgan fingerprint density at radius 3 is 2.69 bits per heavy atom. The molecule has 35 heavy (non-hydrogen) atoms. The molecule has 3 heterocycles. The van der Waals surface area contributed by atoms with Crippen LogP contribution in [0.2, 0.25) is 0 Å². The van der Waals surface area contributed by atoms with Gasteiger partial charge in [-0.25, -0.2) is 12.4 Å². The van der Waals surface area contributed by atoms with Crippen LogP contribution in [0.25, 0.3) is 11.0 Å². The predicted molar refractivity (Wildman–Crippen MR) is 132 cm³/mol. The van der Waals surface area contributed by atoms with Gasteiger partial charge in [-0.2, -0.15) is 15.1 Å². The first-order chi connectivity index (χ1) is 16.9. The number of rotatable bonds is 8. The quantitative estimate of drug-likeness (QED) is 0.380. The van der Waals surface area contributed by atoms with Gasteiger partial charge in [0.15, 0.2) is 5.65 Å². The number of aromatic nitrogens is 5. The number of nitrogens with one attached hydrogen (secondary N) is 1. The van der Waals surface area contributed by atoms with Crippen LogP contribution < -0.4 is 10.1 Å². The largest absolute Gasteiger partial charge is 0.477 e. The number of fused-ring (bicyclic) bond motifs is 1. The highest BCUT2D eigenvalue weighted by molar-refractivity contribution is 7.89. The molecule has 0 spiro atoms. The van der Waals surface area contributed by atoms with Crippen LogP contribution >= 0.6 is 0 Å². The minimum atomic E-state index is -3.74. The molecule has 1 fully saturated rings. The molecule has 0 unspecified atom stereocenters. The molecule has 0 amide bonds. The summed E-state index contributed by atoms with van der Waals surface area (Å²) in [5, 5.41) is 18.4. The summed E-state index contributed by atoms with van der Waals surface area (Å²) in [6.45, 7) is 4.12. The van der Waals surface area contributed by atoms with Gasteiger partial charge in [0.25, 0.3) is 0 Å². The Morgan fingerprint density at radius 2 is 1.97 bits per heavy atom. The van der Waals surface area contributed by atoms with E-state index in [1.165, 1.54) is 10.2 Å². The van der Waals surface area contributed by atoms with Gasteiger partial charge in [-0.05, 0) is 44.7 Å². The Labute approximate surface area is 203 Å². The van der Waals surface area contributed by atoms with Crippen LogP contribution in [0, 0.1) is 6.92 Å². The van der Waals surface area contributed by atoms with E-state index in [4.69, 9.17) is 4.74 Å². The average Bonchev–Trinajstić information content (AvgIpc) is 3.54. The summed E-state index contributed by atoms with van der Waals surface area (Å²) in [4.78, 5) is 9.03. The topological polar surface area (TPSA) is 124 Å². The number of anilines is 2. The lowest BCUT2D eigenvalue weighted by molar-refractivity contribution is 0.129. The van der Waals surface area contributed by atoms with Gasteiger partial charge >= 0.3 is 0 Å². The summed E-state index contributed by atoms with van der Waals surface area (Å²) in [5.74, 6) is 0.333. The molecule has 0 aliphatic heterocycles. The first-order valence-corrected chi connectivity index (χ1v) is 13.3. The number of ether oxygens (including phenoxy) is 1. The van der Waals surface area contributed by atoms with Gasteiger partial charge in [0.2, 0.25) is 21.9 Å². The number of nitrogens with zero attached hydrogens (tertiary/aromatic N) is 5. The molecule has 3 aromatic heterocycles. The lowest BCUT2D eigenvalue weighted by Gasteiger charge is -2.17. The van der Waals surface area contributed by atoms with Crippen LogP contribution in [0.3, 0.4) is 0 Å². The van der Waals surface area contributed by atoms with Crippen LogP contribution in [0.5, 0.6) is 5.88 Å². The monoisotopic (exact) mass is 496 g/mol. The van der Waals surface area contributed by atoms with Crippen LogP contribution in [0.4, 0.5) is 11.6 Å². The van der Waals surface area contributed by atoms with E-state index >= 15 is 0 Å². The highest BCUT2D eigenvalue weighted by Crippen LogP contribution is 2.33. The second-order valence-electron chi connectivity index (χ2n) is 8.65. The van der Waals surface area contributed by atoms with Gasteiger partial charge in [0.05, 0.1) is 47.5 Å². The van der Waals surface area contributed by atoms with Gasteiger partial charge in [0, 0.05) is 6.20 Å². The third-order valence-corrected chi connectivity index (χ3v) is 7.89. The molecule has 0 bridgehead atoms. The maximum absolute atomic E-state index is 13.3. The highest BCUT2D eigenvalue weighted by atomic mass is 32.2. The Kier molecular flexibility index (Phi) is 6.20. The van der Waals surface area contributed by atoms with Crippen molar-refractivity contribution in [2.45, 2.75) is 51.0 Å². The zero-order valence-corrected chi connectivity index (χ0v) is 20.4. The summed E-state index contributed by atoms with van der Waals surface area (Å²) in [5.41, 5.74) is 2.43. The van der Waals surface area contributed by atoms with Crippen LogP contribution in [0.1, 0.15) is 43.5 Å². The number of aliphatic hydroxyl groups is 1. The van der Waals surface area contributed by atoms with Crippen molar-refractivity contribution in [2.75, 3.05) is 11.9 Å². The van der Waals surface area contributed by atoms with E-state index in [9.17, 15) is 13.5 Å². The van der Waals surface area contributed by atoms with Crippen LogP contribution in [0.15, 0.2) is 48.8 Å². The molecule has 11 heteroatoms. The molecule has 5 rings (SSSR count). The first kappa shape index (κ1) is 23.3. The van der Waals surface area contributed by atoms with Crippen LogP contribution in [-0.2, 0) is 15.8 Å². The lowest BCUT2D eigenvalue weighted by Crippen LogP contribution is -2.20. The van der Waals surface area contributed by atoms with Crippen molar-refractivity contribution in [3.05, 3.63) is 60.0 Å². The number of hydrogen-bond donors (Lipinski definition) is 2. The van der Waals surface area contributed by atoms with Crippen molar-refractivity contribution in [1.29, 1.82) is 0 Å². The van der Waals surface area contributed by atoms with Gasteiger partial charge in [-0.1, -0.05) is 30.3 Å². The van der Waals surface area contributed by atoms with E-state index in [1.807, 2.05) is 36.7 Å². The molecule has 4 aromatic rings. The molecular weight excluding hydrogens is 468 g/mol. The van der Waals surface area contributed by atoms with E-state index in [0.717, 1.165) is 25.0 Å². The van der Waals surface area contributed by atoms with E-state index in [2.05, 4.69) is 20.4 Å². The summed E-state index contributed by atoms with van der Waals surface area (Å²) in [6, 6.07) is 10.6. The number of aliphatic hydroxyl groups excluding tert-OH is 1. The number of hydrogen-bond acceptors (Lipinski definition) is 8. The van der Waals surface area contributed by atoms with Gasteiger partial charge in [-0.3, -0.25) is 4.68 Å². The predicted octanol–water partition coefficient (Wildman–Crippen LogP) is 3.54. The summed E-state index contributed by atoms with van der Waals surface area (Å²) in [6.07, 6.45) is 5.32. The second-order valence-corrected chi connectivity index (χ2v) is 10.5. The SMILES string of the molecule is CCOc1nc(Nc2cnn([C@@H]3CCC[C@H]3O)c2C)nc2c1ccn2S(=O)(=O)Cc1ccccc1. The fourth-order valence-corrected chi connectivity index (χ4v) is 5.95. The highest BCUT2D eigenvalue weighted by Gasteiger charge is 2.29. The Bertz CT molecular complexity index is 1450. The van der Waals surface area contributed by atoms with Crippen molar-refractivity contribution >= 4 is 32.7 Å². The van der Waals surface area contributed by atoms with Gasteiger partial charge in [-0.15, -0.1) is 0 Å². The molecule has 184 valence electrons. The standard InChI is InChI=1S/C24H28N6O4S/c1-3-34-23-18-12-13-29(35(32,33)15-17-8-5-4-6-9-17)22(18)27-24(28-23)26-19-14-25-30(16(19)2)20-10-7-11-21(20)31/h4-6,8-9,12-14,20-21,31H,3,7,10-11,15H2,1-2H3,(H,26,27,28)/t20-,21-/m1/s1. The van der Waals surface area contributed by atoms with Crippen molar-refractivity contribution < 1.29 is 18.3 Å². The molecule has 0 saturated heterocycles. The number of benzene rings is 1. The third kappa shape index (κ3) is 4.48. The van der Waals surface area contributed by atoms with Crippen molar-refractivity contribution in [2.24, 2.45) is 0 Å².